The molecule has 0 spiro atoms. The minimum absolute atomic E-state index is 0.584. The molecule has 0 aliphatic rings. The van der Waals surface area contributed by atoms with Gasteiger partial charge in [-0.1, -0.05) is 27.7 Å². The third-order valence-corrected chi connectivity index (χ3v) is 1.71. The van der Waals surface area contributed by atoms with Crippen molar-refractivity contribution in [2.45, 2.75) is 40.5 Å². The number of rotatable bonds is 5. The molecule has 0 aromatic rings. The van der Waals surface area contributed by atoms with Crippen LogP contribution in [-0.4, -0.2) is 17.5 Å². The molecule has 0 radical (unpaired) electrons. The van der Waals surface area contributed by atoms with Crippen LogP contribution >= 0.6 is 0 Å². The van der Waals surface area contributed by atoms with Crippen LogP contribution in [0.4, 0.5) is 0 Å². The summed E-state index contributed by atoms with van der Waals surface area (Å²) in [7, 11) is 0. The summed E-state index contributed by atoms with van der Waals surface area (Å²) < 4.78 is 1.07. The molecule has 0 aromatic heterocycles. The van der Waals surface area contributed by atoms with Crippen molar-refractivity contribution in [2.24, 2.45) is 11.8 Å². The molecule has 0 aromatic carbocycles. The van der Waals surface area contributed by atoms with Crippen LogP contribution in [0, 0.1) is 17.0 Å². The Hall–Kier alpha value is -0.530. The topological polar surface area (TPSA) is 26.1 Å². The highest BCUT2D eigenvalue weighted by atomic mass is 16.5. The second-order valence-corrected chi connectivity index (χ2v) is 4.14. The zero-order chi connectivity index (χ0) is 9.56. The van der Waals surface area contributed by atoms with Crippen LogP contribution in [-0.2, 0) is 0 Å². The zero-order valence-electron chi connectivity index (χ0n) is 8.71. The van der Waals surface area contributed by atoms with Gasteiger partial charge in [0.2, 0.25) is 0 Å². The minimum atomic E-state index is 0.584. The van der Waals surface area contributed by atoms with Crippen LogP contribution in [0.3, 0.4) is 0 Å². The molecule has 0 aliphatic carbocycles. The van der Waals surface area contributed by atoms with Crippen LogP contribution < -0.4 is 0 Å². The molecule has 0 fully saturated rings. The monoisotopic (exact) mass is 171 g/mol. The molecule has 0 aliphatic heterocycles. The van der Waals surface area contributed by atoms with Gasteiger partial charge in [-0.2, -0.15) is 0 Å². The van der Waals surface area contributed by atoms with Gasteiger partial charge in [-0.15, -0.1) is 0 Å². The van der Waals surface area contributed by atoms with E-state index in [4.69, 9.17) is 0 Å². The van der Waals surface area contributed by atoms with E-state index in [9.17, 15) is 5.21 Å². The summed E-state index contributed by atoms with van der Waals surface area (Å²) >= 11 is 0. The fourth-order valence-corrected chi connectivity index (χ4v) is 0.805. The van der Waals surface area contributed by atoms with E-state index in [1.54, 1.807) is 6.21 Å². The molecule has 0 heterocycles. The second-order valence-electron chi connectivity index (χ2n) is 4.14. The molecule has 0 unspecified atom stereocenters. The van der Waals surface area contributed by atoms with Crippen molar-refractivity contribution in [1.82, 2.24) is 0 Å². The van der Waals surface area contributed by atoms with Crippen molar-refractivity contribution in [3.8, 4) is 0 Å². The van der Waals surface area contributed by atoms with Gasteiger partial charge in [-0.25, -0.2) is 4.74 Å². The molecule has 2 nitrogen and oxygen atoms in total. The van der Waals surface area contributed by atoms with E-state index in [1.165, 1.54) is 0 Å². The van der Waals surface area contributed by atoms with E-state index in [1.807, 2.05) is 0 Å². The fraction of sp³-hybridized carbons (Fsp3) is 0.900. The Morgan fingerprint density at radius 3 is 2.17 bits per heavy atom. The first-order valence-electron chi connectivity index (χ1n) is 4.79. The first kappa shape index (κ1) is 11.5. The quantitative estimate of drug-likeness (QED) is 0.270. The van der Waals surface area contributed by atoms with Crippen LogP contribution in [0.5, 0.6) is 0 Å². The van der Waals surface area contributed by atoms with Crippen molar-refractivity contribution < 1.29 is 4.74 Å². The minimum Gasteiger partial charge on any atom is -0.624 e. The third kappa shape index (κ3) is 7.58. The maximum atomic E-state index is 11.1. The van der Waals surface area contributed by atoms with Crippen LogP contribution in [0.2, 0.25) is 0 Å². The van der Waals surface area contributed by atoms with Gasteiger partial charge in [-0.05, 0) is 11.8 Å². The van der Waals surface area contributed by atoms with Gasteiger partial charge in [0, 0.05) is 12.8 Å². The average molecular weight is 171 g/mol. The standard InChI is InChI=1S/C10H21NO/c1-9(2)5-7-11(12)8-6-10(3)4/h7,9-10H,5-6,8H2,1-4H3/b11-7-. The van der Waals surface area contributed by atoms with E-state index in [0.29, 0.717) is 18.4 Å². The summed E-state index contributed by atoms with van der Waals surface area (Å²) in [6, 6.07) is 0. The molecule has 0 rings (SSSR count). The molecule has 0 saturated carbocycles. The fourth-order valence-electron chi connectivity index (χ4n) is 0.805. The Balaban J connectivity index is 3.56. The zero-order valence-corrected chi connectivity index (χ0v) is 8.71. The molecular weight excluding hydrogens is 150 g/mol. The lowest BCUT2D eigenvalue weighted by atomic mass is 10.1. The molecule has 0 N–H and O–H groups in total. The lowest BCUT2D eigenvalue weighted by molar-refractivity contribution is -0.455. The SMILES string of the molecule is CC(C)C/C=[N+](\[O-])CCC(C)C. The summed E-state index contributed by atoms with van der Waals surface area (Å²) in [6.07, 6.45) is 3.63. The van der Waals surface area contributed by atoms with Gasteiger partial charge in [-0.3, -0.25) is 0 Å². The maximum absolute atomic E-state index is 11.1. The average Bonchev–Trinajstić information content (AvgIpc) is 1.96. The molecule has 0 saturated heterocycles. The van der Waals surface area contributed by atoms with E-state index < -0.39 is 0 Å². The van der Waals surface area contributed by atoms with Crippen molar-refractivity contribution in [1.29, 1.82) is 0 Å². The highest BCUT2D eigenvalue weighted by molar-refractivity contribution is 5.51. The summed E-state index contributed by atoms with van der Waals surface area (Å²) in [5.41, 5.74) is 0. The van der Waals surface area contributed by atoms with E-state index in [-0.39, 0.29) is 0 Å². The second kappa shape index (κ2) is 6.04. The van der Waals surface area contributed by atoms with Crippen LogP contribution in [0.25, 0.3) is 0 Å². The predicted octanol–water partition coefficient (Wildman–Crippen LogP) is 2.66. The number of hydroxylamine groups is 1. The van der Waals surface area contributed by atoms with Crippen LogP contribution in [0.15, 0.2) is 0 Å². The molecule has 0 bridgehead atoms. The molecule has 72 valence electrons. The van der Waals surface area contributed by atoms with Gasteiger partial charge < -0.3 is 5.21 Å². The van der Waals surface area contributed by atoms with Gasteiger partial charge in [0.1, 0.15) is 0 Å². The first-order valence-corrected chi connectivity index (χ1v) is 4.79. The Morgan fingerprint density at radius 1 is 1.17 bits per heavy atom. The molecule has 12 heavy (non-hydrogen) atoms. The molecule has 2 heteroatoms. The van der Waals surface area contributed by atoms with E-state index >= 15 is 0 Å². The summed E-state index contributed by atoms with van der Waals surface area (Å²) in [4.78, 5) is 0. The van der Waals surface area contributed by atoms with Gasteiger partial charge in [0.05, 0.1) is 0 Å². The Bertz CT molecular complexity index is 139. The van der Waals surface area contributed by atoms with Crippen molar-refractivity contribution >= 4 is 6.21 Å². The van der Waals surface area contributed by atoms with E-state index in [2.05, 4.69) is 27.7 Å². The Labute approximate surface area is 75.9 Å². The molecule has 0 atom stereocenters. The summed E-state index contributed by atoms with van der Waals surface area (Å²) in [5.74, 6) is 1.20. The molecular formula is C10H21NO. The smallest absolute Gasteiger partial charge is 0.153 e. The number of nitrogens with zero attached hydrogens (tertiary/aromatic N) is 1. The van der Waals surface area contributed by atoms with Gasteiger partial charge >= 0.3 is 0 Å². The Morgan fingerprint density at radius 2 is 1.75 bits per heavy atom. The third-order valence-electron chi connectivity index (χ3n) is 1.71. The largest absolute Gasteiger partial charge is 0.624 e. The lowest BCUT2D eigenvalue weighted by Crippen LogP contribution is -2.10. The first-order chi connectivity index (χ1) is 5.52. The normalized spacial score (nSPS) is 13.0. The van der Waals surface area contributed by atoms with Gasteiger partial charge in [0.25, 0.3) is 0 Å². The van der Waals surface area contributed by atoms with Gasteiger partial charge in [0.15, 0.2) is 12.8 Å². The predicted molar refractivity (Wildman–Crippen MR) is 53.5 cm³/mol. The van der Waals surface area contributed by atoms with Crippen molar-refractivity contribution in [2.75, 3.05) is 6.54 Å². The van der Waals surface area contributed by atoms with Crippen molar-refractivity contribution in [3.05, 3.63) is 5.21 Å². The van der Waals surface area contributed by atoms with Crippen molar-refractivity contribution in [3.63, 3.8) is 0 Å². The summed E-state index contributed by atoms with van der Waals surface area (Å²) in [5, 5.41) is 11.1. The number of hydrogen-bond donors (Lipinski definition) is 0. The lowest BCUT2D eigenvalue weighted by Gasteiger charge is -2.06. The number of hydrogen-bond acceptors (Lipinski definition) is 1. The molecule has 0 amide bonds. The maximum Gasteiger partial charge on any atom is 0.153 e. The highest BCUT2D eigenvalue weighted by Crippen LogP contribution is 1.99. The Kier molecular flexibility index (Phi) is 5.77. The summed E-state index contributed by atoms with van der Waals surface area (Å²) in [6.45, 7) is 9.15. The van der Waals surface area contributed by atoms with E-state index in [0.717, 1.165) is 17.6 Å². The highest BCUT2D eigenvalue weighted by Gasteiger charge is 1.99. The van der Waals surface area contributed by atoms with Crippen LogP contribution in [0.1, 0.15) is 40.5 Å².